The summed E-state index contributed by atoms with van der Waals surface area (Å²) in [5.41, 5.74) is 10.3. The number of benzene rings is 8. The Morgan fingerprint density at radius 2 is 0.757 bits per heavy atom. The highest BCUT2D eigenvalue weighted by atomic mass is 16.7. The highest BCUT2D eigenvalue weighted by molar-refractivity contribution is 6.08. The summed E-state index contributed by atoms with van der Waals surface area (Å²) in [7, 11) is 0. The summed E-state index contributed by atoms with van der Waals surface area (Å²) in [5.74, 6) is 1.23. The Bertz CT molecular complexity index is 3390. The SMILES string of the molecule is C=Cc1ccc(C)c(NC(=O)c2ccccc2)c1.Cc1ccc(/C=C/c2ccc3c(c2)OCO3)cc1NC(=O)c1ccccc1.O=C(Nc1cc(/C=C/c2ccc3c(c2)OCO3)ccc1C(=O)O)c1ccccc1. The van der Waals surface area contributed by atoms with Crippen molar-refractivity contribution in [1.29, 1.82) is 0 Å². The van der Waals surface area contributed by atoms with E-state index in [1.54, 1.807) is 72.8 Å². The highest BCUT2D eigenvalue weighted by Crippen LogP contribution is 2.34. The number of hydrogen-bond donors (Lipinski definition) is 4. The van der Waals surface area contributed by atoms with E-state index in [2.05, 4.69) is 22.5 Å². The van der Waals surface area contributed by atoms with Gasteiger partial charge in [-0.15, -0.1) is 0 Å². The zero-order valence-electron chi connectivity index (χ0n) is 40.5. The van der Waals surface area contributed by atoms with Crippen LogP contribution >= 0.6 is 0 Å². The Kier molecular flexibility index (Phi) is 16.5. The Labute approximate surface area is 428 Å². The van der Waals surface area contributed by atoms with E-state index in [-0.39, 0.29) is 42.6 Å². The molecule has 368 valence electrons. The van der Waals surface area contributed by atoms with E-state index in [1.165, 1.54) is 6.07 Å². The Hall–Kier alpha value is -9.94. The molecule has 8 aromatic rings. The fourth-order valence-corrected chi connectivity index (χ4v) is 7.51. The zero-order chi connectivity index (χ0) is 51.8. The van der Waals surface area contributed by atoms with Gasteiger partial charge >= 0.3 is 5.97 Å². The number of hydrogen-bond acceptors (Lipinski definition) is 8. The van der Waals surface area contributed by atoms with Gasteiger partial charge in [-0.25, -0.2) is 4.79 Å². The molecule has 0 aromatic heterocycles. The second-order valence-corrected chi connectivity index (χ2v) is 16.8. The van der Waals surface area contributed by atoms with Gasteiger partial charge in [0.15, 0.2) is 23.0 Å². The van der Waals surface area contributed by atoms with Gasteiger partial charge in [0.25, 0.3) is 17.7 Å². The van der Waals surface area contributed by atoms with Crippen LogP contribution in [0.4, 0.5) is 17.1 Å². The fourth-order valence-electron chi connectivity index (χ4n) is 7.51. The maximum Gasteiger partial charge on any atom is 0.337 e. The lowest BCUT2D eigenvalue weighted by molar-refractivity contribution is 0.0697. The van der Waals surface area contributed by atoms with Crippen LogP contribution in [-0.2, 0) is 0 Å². The lowest BCUT2D eigenvalue weighted by Gasteiger charge is -2.10. The minimum Gasteiger partial charge on any atom is -0.478 e. The molecular formula is C62H51N3O9. The van der Waals surface area contributed by atoms with Gasteiger partial charge in [0.05, 0.1) is 11.3 Å². The molecule has 2 heterocycles. The van der Waals surface area contributed by atoms with Crippen LogP contribution in [0.15, 0.2) is 189 Å². The Morgan fingerprint density at radius 3 is 1.18 bits per heavy atom. The Balaban J connectivity index is 0.000000152. The summed E-state index contributed by atoms with van der Waals surface area (Å²) >= 11 is 0. The molecule has 12 nitrogen and oxygen atoms in total. The van der Waals surface area contributed by atoms with Gasteiger partial charge in [-0.2, -0.15) is 0 Å². The molecule has 4 N–H and O–H groups in total. The maximum atomic E-state index is 12.4. The molecule has 10 rings (SSSR count). The first-order chi connectivity index (χ1) is 36.0. The van der Waals surface area contributed by atoms with Crippen LogP contribution in [0.5, 0.6) is 23.0 Å². The van der Waals surface area contributed by atoms with Crippen LogP contribution < -0.4 is 34.9 Å². The quantitative estimate of drug-likeness (QED) is 0.0873. The molecule has 0 spiro atoms. The first-order valence-corrected chi connectivity index (χ1v) is 23.5. The average molecular weight is 982 g/mol. The van der Waals surface area contributed by atoms with Gasteiger partial charge in [0.2, 0.25) is 13.6 Å². The number of carbonyl (C=O) groups is 4. The van der Waals surface area contributed by atoms with E-state index in [0.29, 0.717) is 28.2 Å². The van der Waals surface area contributed by atoms with Crippen LogP contribution in [0.3, 0.4) is 0 Å². The molecule has 12 heteroatoms. The third kappa shape index (κ3) is 13.5. The molecule has 3 amide bonds. The highest BCUT2D eigenvalue weighted by Gasteiger charge is 2.16. The molecule has 74 heavy (non-hydrogen) atoms. The van der Waals surface area contributed by atoms with E-state index >= 15 is 0 Å². The smallest absolute Gasteiger partial charge is 0.337 e. The lowest BCUT2D eigenvalue weighted by atomic mass is 10.1. The number of ether oxygens (including phenoxy) is 4. The van der Waals surface area contributed by atoms with E-state index in [0.717, 1.165) is 61.8 Å². The first-order valence-electron chi connectivity index (χ1n) is 23.5. The van der Waals surface area contributed by atoms with Crippen LogP contribution in [0.2, 0.25) is 0 Å². The van der Waals surface area contributed by atoms with Crippen molar-refractivity contribution >= 4 is 71.1 Å². The van der Waals surface area contributed by atoms with Crippen molar-refractivity contribution in [2.24, 2.45) is 0 Å². The molecule has 0 saturated heterocycles. The van der Waals surface area contributed by atoms with Gasteiger partial charge in [0, 0.05) is 28.1 Å². The third-order valence-corrected chi connectivity index (χ3v) is 11.6. The summed E-state index contributed by atoms with van der Waals surface area (Å²) < 4.78 is 21.4. The van der Waals surface area contributed by atoms with Crippen molar-refractivity contribution in [3.05, 3.63) is 250 Å². The number of carboxylic acids is 1. The molecule has 0 saturated carbocycles. The molecule has 2 aliphatic rings. The van der Waals surface area contributed by atoms with Crippen LogP contribution in [-0.4, -0.2) is 42.4 Å². The topological polar surface area (TPSA) is 162 Å². The van der Waals surface area contributed by atoms with Crippen molar-refractivity contribution < 1.29 is 43.2 Å². The predicted octanol–water partition coefficient (Wildman–Crippen LogP) is 13.6. The van der Waals surface area contributed by atoms with Gasteiger partial charge in [-0.1, -0.05) is 134 Å². The summed E-state index contributed by atoms with van der Waals surface area (Å²) in [5, 5.41) is 18.0. The number of amides is 3. The first kappa shape index (κ1) is 50.4. The number of anilines is 3. The van der Waals surface area contributed by atoms with E-state index in [1.807, 2.05) is 147 Å². The maximum absolute atomic E-state index is 12.4. The van der Waals surface area contributed by atoms with Crippen molar-refractivity contribution in [1.82, 2.24) is 0 Å². The molecule has 0 radical (unpaired) electrons. The summed E-state index contributed by atoms with van der Waals surface area (Å²) in [4.78, 5) is 48.4. The monoisotopic (exact) mass is 981 g/mol. The van der Waals surface area contributed by atoms with Crippen molar-refractivity contribution in [3.63, 3.8) is 0 Å². The standard InChI is InChI=1S/C23H17NO5.C23H19NO3.C16H15NO/c25-22(17-4-2-1-3-5-17)24-19-12-15(8-10-18(19)23(26)27)6-7-16-9-11-20-21(13-16)29-14-28-20;1-16-7-8-17(9-10-18-11-12-21-22(14-18)27-15-26-21)13-20(16)24-23(25)19-5-3-2-4-6-19;1-3-13-10-9-12(2)15(11-13)17-16(18)14-7-5-4-6-8-14/h1-13H,14H2,(H,24,25)(H,26,27);2-14H,15H2,1H3,(H,24,25);3-11H,1H2,2H3,(H,17,18)/b7-6+;10-9+;. The van der Waals surface area contributed by atoms with E-state index in [9.17, 15) is 24.3 Å². The lowest BCUT2D eigenvalue weighted by Crippen LogP contribution is -2.14. The summed E-state index contributed by atoms with van der Waals surface area (Å²) in [6, 6.07) is 55.1. The Morgan fingerprint density at radius 1 is 0.419 bits per heavy atom. The second-order valence-electron chi connectivity index (χ2n) is 16.8. The summed E-state index contributed by atoms with van der Waals surface area (Å²) in [6.45, 7) is 8.15. The van der Waals surface area contributed by atoms with E-state index < -0.39 is 5.97 Å². The number of nitrogens with one attached hydrogen (secondary N) is 3. The number of rotatable bonds is 12. The van der Waals surface area contributed by atoms with Crippen LogP contribution in [0.25, 0.3) is 30.4 Å². The van der Waals surface area contributed by atoms with Gasteiger partial charge in [-0.05, 0) is 138 Å². The summed E-state index contributed by atoms with van der Waals surface area (Å²) in [6.07, 6.45) is 9.49. The number of aromatic carboxylic acids is 1. The van der Waals surface area contributed by atoms with Crippen molar-refractivity contribution in [3.8, 4) is 23.0 Å². The van der Waals surface area contributed by atoms with Gasteiger partial charge in [-0.3, -0.25) is 14.4 Å². The predicted molar refractivity (Wildman–Crippen MR) is 292 cm³/mol. The average Bonchev–Trinajstić information content (AvgIpc) is 4.12. The normalized spacial score (nSPS) is 11.6. The largest absolute Gasteiger partial charge is 0.478 e. The molecule has 0 atom stereocenters. The molecule has 0 bridgehead atoms. The molecule has 0 aliphatic carbocycles. The molecule has 8 aromatic carbocycles. The molecule has 0 fully saturated rings. The molecule has 0 unspecified atom stereocenters. The number of aryl methyl sites for hydroxylation is 2. The van der Waals surface area contributed by atoms with Crippen molar-refractivity contribution in [2.45, 2.75) is 13.8 Å². The van der Waals surface area contributed by atoms with Crippen LogP contribution in [0.1, 0.15) is 80.4 Å². The third-order valence-electron chi connectivity index (χ3n) is 11.6. The molecular weight excluding hydrogens is 931 g/mol. The number of carboxylic acid groups (broad SMARTS) is 1. The number of fused-ring (bicyclic) bond motifs is 2. The fraction of sp³-hybridized carbons (Fsp3) is 0.0645. The van der Waals surface area contributed by atoms with Crippen molar-refractivity contribution in [2.75, 3.05) is 29.5 Å². The molecule has 2 aliphatic heterocycles. The zero-order valence-corrected chi connectivity index (χ0v) is 40.5. The van der Waals surface area contributed by atoms with Gasteiger partial charge in [0.1, 0.15) is 0 Å². The van der Waals surface area contributed by atoms with Gasteiger partial charge < -0.3 is 40.0 Å². The minimum atomic E-state index is -1.11. The number of carbonyl (C=O) groups excluding carboxylic acids is 3. The minimum absolute atomic E-state index is 0.0227. The second kappa shape index (κ2) is 24.3. The van der Waals surface area contributed by atoms with E-state index in [4.69, 9.17) is 18.9 Å². The van der Waals surface area contributed by atoms with Crippen LogP contribution in [0, 0.1) is 13.8 Å².